The fraction of sp³-hybridized carbons (Fsp3) is 0.667. The van der Waals surface area contributed by atoms with E-state index in [1.165, 1.54) is 12.8 Å². The van der Waals surface area contributed by atoms with Gasteiger partial charge in [0.05, 0.1) is 6.20 Å². The molecule has 0 aromatic carbocycles. The number of aromatic nitrogens is 2. The molecule has 5 heteroatoms. The molecule has 1 rings (SSSR count). The molecule has 17 heavy (non-hydrogen) atoms. The smallest absolute Gasteiger partial charge is 0.220 e. The predicted octanol–water partition coefficient (Wildman–Crippen LogP) is 1.59. The lowest BCUT2D eigenvalue weighted by atomic mass is 10.1. The van der Waals surface area contributed by atoms with Crippen molar-refractivity contribution >= 4 is 11.7 Å². The van der Waals surface area contributed by atoms with E-state index in [0.717, 1.165) is 18.4 Å². The van der Waals surface area contributed by atoms with Crippen molar-refractivity contribution in [2.24, 2.45) is 7.05 Å². The van der Waals surface area contributed by atoms with Crippen LogP contribution >= 0.6 is 0 Å². The molecule has 0 radical (unpaired) electrons. The van der Waals surface area contributed by atoms with Crippen LogP contribution in [0.15, 0.2) is 6.20 Å². The first-order chi connectivity index (χ1) is 8.15. The zero-order valence-corrected chi connectivity index (χ0v) is 10.7. The Morgan fingerprint density at radius 3 is 2.82 bits per heavy atom. The number of amides is 1. The Labute approximate surface area is 102 Å². The third kappa shape index (κ3) is 4.46. The van der Waals surface area contributed by atoms with Crippen molar-refractivity contribution in [3.05, 3.63) is 11.8 Å². The fourth-order valence-electron chi connectivity index (χ4n) is 1.62. The molecule has 0 atom stereocenters. The molecule has 0 spiro atoms. The second-order valence-electron chi connectivity index (χ2n) is 4.27. The summed E-state index contributed by atoms with van der Waals surface area (Å²) in [5.74, 6) is 0.695. The predicted molar refractivity (Wildman–Crippen MR) is 68.2 cm³/mol. The molecule has 0 aliphatic rings. The number of aryl methyl sites for hydroxylation is 1. The summed E-state index contributed by atoms with van der Waals surface area (Å²) in [6, 6.07) is 0. The van der Waals surface area contributed by atoms with Crippen LogP contribution in [-0.4, -0.2) is 15.7 Å². The van der Waals surface area contributed by atoms with Crippen LogP contribution in [0.5, 0.6) is 0 Å². The minimum atomic E-state index is 0.0874. The summed E-state index contributed by atoms with van der Waals surface area (Å²) >= 11 is 0. The SMILES string of the molecule is CCCCCCC(=O)NCc1cnn(C)c1N. The first-order valence-electron chi connectivity index (χ1n) is 6.18. The van der Waals surface area contributed by atoms with Crippen LogP contribution in [0.25, 0.3) is 0 Å². The molecule has 3 N–H and O–H groups in total. The fourth-order valence-corrected chi connectivity index (χ4v) is 1.62. The van der Waals surface area contributed by atoms with E-state index < -0.39 is 0 Å². The van der Waals surface area contributed by atoms with Gasteiger partial charge in [0.15, 0.2) is 0 Å². The van der Waals surface area contributed by atoms with Gasteiger partial charge in [-0.25, -0.2) is 0 Å². The average molecular weight is 238 g/mol. The average Bonchev–Trinajstić information content (AvgIpc) is 2.63. The van der Waals surface area contributed by atoms with Crippen LogP contribution in [0.4, 0.5) is 5.82 Å². The molecular formula is C12H22N4O. The van der Waals surface area contributed by atoms with Gasteiger partial charge in [-0.05, 0) is 6.42 Å². The molecule has 0 unspecified atom stereocenters. The number of nitrogens with two attached hydrogens (primary N) is 1. The highest BCUT2D eigenvalue weighted by molar-refractivity contribution is 5.75. The maximum atomic E-state index is 11.5. The van der Waals surface area contributed by atoms with Gasteiger partial charge in [-0.3, -0.25) is 9.48 Å². The number of unbranched alkanes of at least 4 members (excludes halogenated alkanes) is 3. The molecule has 0 aliphatic heterocycles. The Morgan fingerprint density at radius 2 is 2.24 bits per heavy atom. The van der Waals surface area contributed by atoms with E-state index in [9.17, 15) is 4.79 Å². The maximum Gasteiger partial charge on any atom is 0.220 e. The molecule has 0 saturated heterocycles. The molecule has 1 aromatic rings. The number of carbonyl (C=O) groups is 1. The standard InChI is InChI=1S/C12H22N4O/c1-3-4-5-6-7-11(17)14-8-10-9-15-16(2)12(10)13/h9H,3-8,13H2,1-2H3,(H,14,17). The van der Waals surface area contributed by atoms with Gasteiger partial charge in [0.2, 0.25) is 5.91 Å². The molecule has 96 valence electrons. The van der Waals surface area contributed by atoms with E-state index in [2.05, 4.69) is 17.3 Å². The second kappa shape index (κ2) is 6.93. The lowest BCUT2D eigenvalue weighted by Gasteiger charge is -2.04. The second-order valence-corrected chi connectivity index (χ2v) is 4.27. The quantitative estimate of drug-likeness (QED) is 0.708. The van der Waals surface area contributed by atoms with Crippen molar-refractivity contribution in [1.29, 1.82) is 0 Å². The van der Waals surface area contributed by atoms with E-state index in [1.54, 1.807) is 17.9 Å². The van der Waals surface area contributed by atoms with Crippen LogP contribution in [0.3, 0.4) is 0 Å². The maximum absolute atomic E-state index is 11.5. The summed E-state index contributed by atoms with van der Waals surface area (Å²) in [6.45, 7) is 2.62. The summed E-state index contributed by atoms with van der Waals surface area (Å²) in [6.07, 6.45) is 6.75. The number of nitrogen functional groups attached to an aromatic ring is 1. The molecule has 0 aliphatic carbocycles. The molecule has 1 aromatic heterocycles. The van der Waals surface area contributed by atoms with Gasteiger partial charge in [0.1, 0.15) is 5.82 Å². The van der Waals surface area contributed by atoms with E-state index in [-0.39, 0.29) is 5.91 Å². The summed E-state index contributed by atoms with van der Waals surface area (Å²) in [5.41, 5.74) is 6.65. The highest BCUT2D eigenvalue weighted by atomic mass is 16.1. The number of hydrogen-bond acceptors (Lipinski definition) is 3. The summed E-state index contributed by atoms with van der Waals surface area (Å²) in [4.78, 5) is 11.5. The highest BCUT2D eigenvalue weighted by Gasteiger charge is 2.06. The van der Waals surface area contributed by atoms with Crippen LogP contribution < -0.4 is 11.1 Å². The first kappa shape index (κ1) is 13.5. The molecular weight excluding hydrogens is 216 g/mol. The largest absolute Gasteiger partial charge is 0.384 e. The summed E-state index contributed by atoms with van der Waals surface area (Å²) in [7, 11) is 1.78. The molecule has 1 amide bonds. The third-order valence-corrected chi connectivity index (χ3v) is 2.80. The Balaban J connectivity index is 2.22. The first-order valence-corrected chi connectivity index (χ1v) is 6.18. The number of hydrogen-bond donors (Lipinski definition) is 2. The van der Waals surface area contributed by atoms with E-state index in [4.69, 9.17) is 5.73 Å². The van der Waals surface area contributed by atoms with E-state index in [1.807, 2.05) is 0 Å². The highest BCUT2D eigenvalue weighted by Crippen LogP contribution is 2.08. The summed E-state index contributed by atoms with van der Waals surface area (Å²) in [5, 5.41) is 6.88. The van der Waals surface area contributed by atoms with Crippen molar-refractivity contribution < 1.29 is 4.79 Å². The number of anilines is 1. The van der Waals surface area contributed by atoms with Crippen LogP contribution in [0.2, 0.25) is 0 Å². The lowest BCUT2D eigenvalue weighted by Crippen LogP contribution is -2.22. The number of nitrogens with one attached hydrogen (secondary N) is 1. The van der Waals surface area contributed by atoms with Crippen LogP contribution in [-0.2, 0) is 18.4 Å². The minimum Gasteiger partial charge on any atom is -0.384 e. The van der Waals surface area contributed by atoms with Gasteiger partial charge in [-0.1, -0.05) is 26.2 Å². The molecule has 5 nitrogen and oxygen atoms in total. The number of nitrogens with zero attached hydrogens (tertiary/aromatic N) is 2. The van der Waals surface area contributed by atoms with Crippen molar-refractivity contribution in [2.75, 3.05) is 5.73 Å². The molecule has 0 bridgehead atoms. The van der Waals surface area contributed by atoms with Gasteiger partial charge in [-0.15, -0.1) is 0 Å². The lowest BCUT2D eigenvalue weighted by molar-refractivity contribution is -0.121. The van der Waals surface area contributed by atoms with Gasteiger partial charge in [0.25, 0.3) is 0 Å². The summed E-state index contributed by atoms with van der Waals surface area (Å²) < 4.78 is 1.60. The third-order valence-electron chi connectivity index (χ3n) is 2.80. The van der Waals surface area contributed by atoms with Crippen molar-refractivity contribution in [2.45, 2.75) is 45.6 Å². The zero-order valence-electron chi connectivity index (χ0n) is 10.7. The van der Waals surface area contributed by atoms with Crippen molar-refractivity contribution in [3.63, 3.8) is 0 Å². The zero-order chi connectivity index (χ0) is 12.7. The topological polar surface area (TPSA) is 72.9 Å². The van der Waals surface area contributed by atoms with Gasteiger partial charge >= 0.3 is 0 Å². The van der Waals surface area contributed by atoms with Gasteiger partial charge < -0.3 is 11.1 Å². The van der Waals surface area contributed by atoms with E-state index in [0.29, 0.717) is 18.8 Å². The van der Waals surface area contributed by atoms with Gasteiger partial charge in [-0.2, -0.15) is 5.10 Å². The monoisotopic (exact) mass is 238 g/mol. The van der Waals surface area contributed by atoms with Crippen LogP contribution in [0, 0.1) is 0 Å². The number of rotatable bonds is 7. The van der Waals surface area contributed by atoms with Gasteiger partial charge in [0, 0.05) is 25.6 Å². The Hall–Kier alpha value is -1.52. The number of carbonyl (C=O) groups excluding carboxylic acids is 1. The van der Waals surface area contributed by atoms with Crippen LogP contribution in [0.1, 0.15) is 44.6 Å². The molecule has 1 heterocycles. The van der Waals surface area contributed by atoms with E-state index >= 15 is 0 Å². The Morgan fingerprint density at radius 1 is 1.47 bits per heavy atom. The van der Waals surface area contributed by atoms with Crippen molar-refractivity contribution in [3.8, 4) is 0 Å². The Bertz CT molecular complexity index is 359. The molecule has 0 fully saturated rings. The minimum absolute atomic E-state index is 0.0874. The normalized spacial score (nSPS) is 10.5. The van der Waals surface area contributed by atoms with Crippen molar-refractivity contribution in [1.82, 2.24) is 15.1 Å². The molecule has 0 saturated carbocycles. The Kier molecular flexibility index (Phi) is 5.52.